The zero-order valence-corrected chi connectivity index (χ0v) is 7.98. The van der Waals surface area contributed by atoms with Crippen LogP contribution < -0.4 is 0 Å². The number of thioether (sulfide) groups is 1. The van der Waals surface area contributed by atoms with Crippen molar-refractivity contribution in [3.8, 4) is 5.40 Å². The van der Waals surface area contributed by atoms with Crippen molar-refractivity contribution in [3.05, 3.63) is 35.9 Å². The lowest BCUT2D eigenvalue weighted by Gasteiger charge is -2.02. The van der Waals surface area contributed by atoms with Crippen LogP contribution in [0.3, 0.4) is 0 Å². The molecule has 0 amide bonds. The van der Waals surface area contributed by atoms with Crippen LogP contribution in [0.5, 0.6) is 0 Å². The Bertz CT molecular complexity index is 268. The lowest BCUT2D eigenvalue weighted by Crippen LogP contribution is -1.96. The standard InChI is InChI=1S/C9H8ClNS/c10-9(12-7-11)6-8-4-2-1-3-5-8/h1-5,9H,6H2. The summed E-state index contributed by atoms with van der Waals surface area (Å²) >= 11 is 6.95. The Hall–Kier alpha value is -0.650. The monoisotopic (exact) mass is 197 g/mol. The first-order chi connectivity index (χ1) is 5.83. The summed E-state index contributed by atoms with van der Waals surface area (Å²) in [6.07, 6.45) is 0.737. The second-order valence-electron chi connectivity index (χ2n) is 2.31. The van der Waals surface area contributed by atoms with Crippen LogP contribution in [0.15, 0.2) is 30.3 Å². The van der Waals surface area contributed by atoms with E-state index in [1.807, 2.05) is 35.7 Å². The third-order valence-electron chi connectivity index (χ3n) is 1.42. The molecule has 0 heterocycles. The minimum atomic E-state index is -0.141. The van der Waals surface area contributed by atoms with E-state index in [1.165, 1.54) is 5.56 Å². The van der Waals surface area contributed by atoms with Crippen LogP contribution in [0.1, 0.15) is 5.56 Å². The molecule has 0 aliphatic heterocycles. The van der Waals surface area contributed by atoms with Crippen LogP contribution in [0.25, 0.3) is 0 Å². The normalized spacial score (nSPS) is 12.0. The molecule has 1 unspecified atom stereocenters. The van der Waals surface area contributed by atoms with E-state index in [9.17, 15) is 0 Å². The lowest BCUT2D eigenvalue weighted by atomic mass is 10.2. The van der Waals surface area contributed by atoms with E-state index in [1.54, 1.807) is 0 Å². The van der Waals surface area contributed by atoms with E-state index in [0.29, 0.717) is 0 Å². The van der Waals surface area contributed by atoms with E-state index in [-0.39, 0.29) is 4.71 Å². The quantitative estimate of drug-likeness (QED) is 0.550. The van der Waals surface area contributed by atoms with Gasteiger partial charge in [-0.05, 0) is 23.7 Å². The summed E-state index contributed by atoms with van der Waals surface area (Å²) in [7, 11) is 0. The molecule has 12 heavy (non-hydrogen) atoms. The smallest absolute Gasteiger partial charge is 0.134 e. The van der Waals surface area contributed by atoms with Crippen LogP contribution in [0.2, 0.25) is 0 Å². The number of rotatable bonds is 3. The molecule has 1 aromatic carbocycles. The Kier molecular flexibility index (Phi) is 3.99. The van der Waals surface area contributed by atoms with Crippen molar-refractivity contribution in [3.63, 3.8) is 0 Å². The molecule has 0 fully saturated rings. The van der Waals surface area contributed by atoms with Crippen molar-refractivity contribution in [2.75, 3.05) is 0 Å². The topological polar surface area (TPSA) is 23.8 Å². The van der Waals surface area contributed by atoms with Gasteiger partial charge in [0.05, 0.1) is 4.71 Å². The molecule has 1 rings (SSSR count). The van der Waals surface area contributed by atoms with E-state index in [2.05, 4.69) is 0 Å². The van der Waals surface area contributed by atoms with E-state index < -0.39 is 0 Å². The molecule has 0 aliphatic carbocycles. The van der Waals surface area contributed by atoms with Gasteiger partial charge in [0.2, 0.25) is 0 Å². The highest BCUT2D eigenvalue weighted by molar-refractivity contribution is 8.05. The SMILES string of the molecule is N#CSC(Cl)Cc1ccccc1. The number of nitriles is 1. The molecule has 0 N–H and O–H groups in total. The van der Waals surface area contributed by atoms with Crippen LogP contribution in [-0.4, -0.2) is 4.71 Å². The van der Waals surface area contributed by atoms with Gasteiger partial charge in [0.15, 0.2) is 0 Å². The number of thiocyanates is 1. The van der Waals surface area contributed by atoms with Gasteiger partial charge in [0.25, 0.3) is 0 Å². The summed E-state index contributed by atoms with van der Waals surface area (Å²) in [5, 5.41) is 10.3. The predicted molar refractivity (Wildman–Crippen MR) is 53.0 cm³/mol. The zero-order valence-electron chi connectivity index (χ0n) is 6.40. The molecule has 0 spiro atoms. The number of alkyl halides is 1. The maximum absolute atomic E-state index is 8.34. The summed E-state index contributed by atoms with van der Waals surface area (Å²) in [6.45, 7) is 0. The maximum Gasteiger partial charge on any atom is 0.134 e. The molecule has 0 bridgehead atoms. The second-order valence-corrected chi connectivity index (χ2v) is 4.08. The van der Waals surface area contributed by atoms with Crippen LogP contribution in [0, 0.1) is 10.7 Å². The Morgan fingerprint density at radius 1 is 1.42 bits per heavy atom. The van der Waals surface area contributed by atoms with Crippen LogP contribution in [-0.2, 0) is 6.42 Å². The lowest BCUT2D eigenvalue weighted by molar-refractivity contribution is 1.10. The number of hydrogen-bond acceptors (Lipinski definition) is 2. The fourth-order valence-electron chi connectivity index (χ4n) is 0.898. The summed E-state index contributed by atoms with van der Waals surface area (Å²) in [4.78, 5) is 0. The summed E-state index contributed by atoms with van der Waals surface area (Å²) in [5.74, 6) is 0. The third kappa shape index (κ3) is 3.17. The van der Waals surface area contributed by atoms with E-state index in [0.717, 1.165) is 18.2 Å². The van der Waals surface area contributed by atoms with Gasteiger partial charge >= 0.3 is 0 Å². The molecule has 62 valence electrons. The van der Waals surface area contributed by atoms with Gasteiger partial charge in [-0.3, -0.25) is 0 Å². The largest absolute Gasteiger partial charge is 0.185 e. The first-order valence-corrected chi connectivity index (χ1v) is 4.87. The molecule has 1 atom stereocenters. The first kappa shape index (κ1) is 9.44. The molecule has 0 saturated heterocycles. The highest BCUT2D eigenvalue weighted by atomic mass is 35.5. The number of hydrogen-bond donors (Lipinski definition) is 0. The average Bonchev–Trinajstić information content (AvgIpc) is 2.06. The summed E-state index contributed by atoms with van der Waals surface area (Å²) < 4.78 is -0.141. The van der Waals surface area contributed by atoms with Gasteiger partial charge in [0, 0.05) is 0 Å². The van der Waals surface area contributed by atoms with Crippen molar-refractivity contribution in [2.24, 2.45) is 0 Å². The number of halogens is 1. The first-order valence-electron chi connectivity index (χ1n) is 3.55. The number of benzene rings is 1. The average molecular weight is 198 g/mol. The Labute approximate surface area is 81.3 Å². The maximum atomic E-state index is 8.34. The summed E-state index contributed by atoms with van der Waals surface area (Å²) in [6, 6.07) is 9.91. The molecule has 0 saturated carbocycles. The Morgan fingerprint density at radius 3 is 2.67 bits per heavy atom. The van der Waals surface area contributed by atoms with Gasteiger partial charge in [-0.1, -0.05) is 30.3 Å². The minimum Gasteiger partial charge on any atom is -0.185 e. The van der Waals surface area contributed by atoms with Crippen molar-refractivity contribution in [1.29, 1.82) is 5.26 Å². The molecular weight excluding hydrogens is 190 g/mol. The molecular formula is C9H8ClNS. The second kappa shape index (κ2) is 5.08. The summed E-state index contributed by atoms with van der Waals surface area (Å²) in [5.41, 5.74) is 1.17. The Morgan fingerprint density at radius 2 is 2.08 bits per heavy atom. The predicted octanol–water partition coefficient (Wildman–Crippen LogP) is 3.01. The van der Waals surface area contributed by atoms with Crippen molar-refractivity contribution < 1.29 is 0 Å². The van der Waals surface area contributed by atoms with E-state index >= 15 is 0 Å². The van der Waals surface area contributed by atoms with Gasteiger partial charge in [-0.2, -0.15) is 5.26 Å². The molecule has 3 heteroatoms. The Balaban J connectivity index is 2.48. The van der Waals surface area contributed by atoms with Crippen LogP contribution >= 0.6 is 23.4 Å². The molecule has 0 radical (unpaired) electrons. The zero-order chi connectivity index (χ0) is 8.81. The minimum absolute atomic E-state index is 0.141. The van der Waals surface area contributed by atoms with Gasteiger partial charge < -0.3 is 0 Å². The van der Waals surface area contributed by atoms with Crippen molar-refractivity contribution in [2.45, 2.75) is 11.1 Å². The van der Waals surface area contributed by atoms with E-state index in [4.69, 9.17) is 16.9 Å². The molecule has 1 aromatic rings. The van der Waals surface area contributed by atoms with Gasteiger partial charge in [-0.15, -0.1) is 11.6 Å². The third-order valence-corrected chi connectivity index (χ3v) is 2.37. The van der Waals surface area contributed by atoms with Gasteiger partial charge in [-0.25, -0.2) is 0 Å². The number of nitrogens with zero attached hydrogens (tertiary/aromatic N) is 1. The van der Waals surface area contributed by atoms with Crippen molar-refractivity contribution in [1.82, 2.24) is 0 Å². The highest BCUT2D eigenvalue weighted by Gasteiger charge is 2.04. The molecule has 1 nitrogen and oxygen atoms in total. The molecule has 0 aliphatic rings. The van der Waals surface area contributed by atoms with Crippen LogP contribution in [0.4, 0.5) is 0 Å². The van der Waals surface area contributed by atoms with Crippen molar-refractivity contribution >= 4 is 23.4 Å². The highest BCUT2D eigenvalue weighted by Crippen LogP contribution is 2.18. The fourth-order valence-corrected chi connectivity index (χ4v) is 1.59. The molecule has 0 aromatic heterocycles. The van der Waals surface area contributed by atoms with Gasteiger partial charge in [0.1, 0.15) is 5.40 Å². The fraction of sp³-hybridized carbons (Fsp3) is 0.222.